The van der Waals surface area contributed by atoms with Gasteiger partial charge in [-0.3, -0.25) is 18.7 Å². The predicted octanol–water partition coefficient (Wildman–Crippen LogP) is 3.07. The number of aromatic nitrogens is 4. The molecule has 0 atom stereocenters. The Morgan fingerprint density at radius 3 is 2.41 bits per heavy atom. The van der Waals surface area contributed by atoms with Crippen molar-refractivity contribution in [3.8, 4) is 0 Å². The normalized spacial score (nSPS) is 11.0. The van der Waals surface area contributed by atoms with Crippen molar-refractivity contribution in [2.75, 3.05) is 5.32 Å². The highest BCUT2D eigenvalue weighted by Gasteiger charge is 2.12. The third-order valence-electron chi connectivity index (χ3n) is 5.46. The van der Waals surface area contributed by atoms with E-state index in [9.17, 15) is 14.4 Å². The molecule has 0 aliphatic carbocycles. The second-order valence-corrected chi connectivity index (χ2v) is 8.45. The van der Waals surface area contributed by atoms with Gasteiger partial charge in [0.2, 0.25) is 5.91 Å². The third kappa shape index (κ3) is 5.40. The fourth-order valence-electron chi connectivity index (χ4n) is 3.85. The molecule has 1 N–H and O–H groups in total. The van der Waals surface area contributed by atoms with E-state index in [1.165, 1.54) is 16.8 Å². The van der Waals surface area contributed by atoms with Crippen molar-refractivity contribution in [3.05, 3.63) is 117 Å². The molecule has 34 heavy (non-hydrogen) atoms. The average molecular weight is 458 g/mol. The Hall–Kier alpha value is -4.20. The molecule has 0 saturated heterocycles. The SMILES string of the molecule is CC(C)c1nccn1Cc1cccc(NC(=O)Cn2c(=O)ccn(Cc3ccccc3)c2=O)c1. The molecule has 2 aromatic carbocycles. The third-order valence-corrected chi connectivity index (χ3v) is 5.46. The first-order chi connectivity index (χ1) is 16.4. The summed E-state index contributed by atoms with van der Waals surface area (Å²) in [5.74, 6) is 0.844. The first-order valence-electron chi connectivity index (χ1n) is 11.1. The van der Waals surface area contributed by atoms with E-state index < -0.39 is 17.2 Å². The van der Waals surface area contributed by atoms with Gasteiger partial charge in [0.1, 0.15) is 12.4 Å². The molecular formula is C26H27N5O3. The summed E-state index contributed by atoms with van der Waals surface area (Å²) in [7, 11) is 0. The van der Waals surface area contributed by atoms with Crippen LogP contribution in [0.2, 0.25) is 0 Å². The molecule has 4 aromatic rings. The molecule has 8 nitrogen and oxygen atoms in total. The van der Waals surface area contributed by atoms with E-state index in [4.69, 9.17) is 0 Å². The van der Waals surface area contributed by atoms with Crippen LogP contribution in [0.1, 0.15) is 36.7 Å². The van der Waals surface area contributed by atoms with Gasteiger partial charge in [0.05, 0.1) is 6.54 Å². The molecule has 174 valence electrons. The fourth-order valence-corrected chi connectivity index (χ4v) is 3.85. The Balaban J connectivity index is 1.47. The standard InChI is InChI=1S/C26H27N5O3/c1-19(2)25-27-12-14-29(25)17-21-9-6-10-22(15-21)28-23(32)18-31-24(33)11-13-30(26(31)34)16-20-7-4-3-5-8-20/h3-15,19H,16-18H2,1-2H3,(H,28,32). The summed E-state index contributed by atoms with van der Waals surface area (Å²) in [6, 6.07) is 18.3. The van der Waals surface area contributed by atoms with Gasteiger partial charge < -0.3 is 9.88 Å². The van der Waals surface area contributed by atoms with Crippen molar-refractivity contribution in [2.24, 2.45) is 0 Å². The van der Waals surface area contributed by atoms with Crippen LogP contribution in [0, 0.1) is 0 Å². The van der Waals surface area contributed by atoms with Crippen molar-refractivity contribution in [1.82, 2.24) is 18.7 Å². The van der Waals surface area contributed by atoms with Crippen molar-refractivity contribution in [3.63, 3.8) is 0 Å². The molecule has 2 aromatic heterocycles. The van der Waals surface area contributed by atoms with Crippen LogP contribution in [0.25, 0.3) is 0 Å². The van der Waals surface area contributed by atoms with E-state index in [1.807, 2.05) is 54.7 Å². The molecule has 0 aliphatic rings. The highest BCUT2D eigenvalue weighted by molar-refractivity contribution is 5.90. The van der Waals surface area contributed by atoms with Crippen LogP contribution >= 0.6 is 0 Å². The van der Waals surface area contributed by atoms with Gasteiger partial charge in [0, 0.05) is 42.8 Å². The maximum absolute atomic E-state index is 12.8. The van der Waals surface area contributed by atoms with E-state index in [2.05, 4.69) is 28.7 Å². The van der Waals surface area contributed by atoms with Crippen molar-refractivity contribution >= 4 is 11.6 Å². The molecule has 1 amide bonds. The largest absolute Gasteiger partial charge is 0.331 e. The minimum atomic E-state index is -0.526. The zero-order valence-electron chi connectivity index (χ0n) is 19.2. The van der Waals surface area contributed by atoms with Crippen LogP contribution in [-0.4, -0.2) is 24.6 Å². The molecule has 0 aliphatic heterocycles. The first kappa shape index (κ1) is 23.0. The summed E-state index contributed by atoms with van der Waals surface area (Å²) in [6.45, 7) is 4.76. The number of imidazole rings is 1. The lowest BCUT2D eigenvalue weighted by Crippen LogP contribution is -2.41. The molecule has 0 spiro atoms. The minimum absolute atomic E-state index is 0.299. The van der Waals surface area contributed by atoms with Crippen LogP contribution in [0.5, 0.6) is 0 Å². The summed E-state index contributed by atoms with van der Waals surface area (Å²) in [4.78, 5) is 42.3. The van der Waals surface area contributed by atoms with Crippen LogP contribution in [0.3, 0.4) is 0 Å². The lowest BCUT2D eigenvalue weighted by molar-refractivity contribution is -0.116. The molecule has 4 rings (SSSR count). The van der Waals surface area contributed by atoms with E-state index in [1.54, 1.807) is 12.3 Å². The smallest absolute Gasteiger partial charge is 0.330 e. The highest BCUT2D eigenvalue weighted by atomic mass is 16.2. The Morgan fingerprint density at radius 1 is 0.912 bits per heavy atom. The molecule has 0 bridgehead atoms. The summed E-state index contributed by atoms with van der Waals surface area (Å²) in [5.41, 5.74) is 1.48. The van der Waals surface area contributed by atoms with Crippen molar-refractivity contribution in [2.45, 2.75) is 39.4 Å². The van der Waals surface area contributed by atoms with Gasteiger partial charge in [-0.2, -0.15) is 0 Å². The van der Waals surface area contributed by atoms with Crippen molar-refractivity contribution in [1.29, 1.82) is 0 Å². The van der Waals surface area contributed by atoms with E-state index in [0.29, 0.717) is 24.7 Å². The van der Waals surface area contributed by atoms with Gasteiger partial charge in [-0.25, -0.2) is 9.78 Å². The van der Waals surface area contributed by atoms with E-state index in [-0.39, 0.29) is 6.54 Å². The van der Waals surface area contributed by atoms with Gasteiger partial charge in [0.25, 0.3) is 5.56 Å². The maximum Gasteiger partial charge on any atom is 0.331 e. The number of hydrogen-bond acceptors (Lipinski definition) is 4. The van der Waals surface area contributed by atoms with Crippen molar-refractivity contribution < 1.29 is 4.79 Å². The highest BCUT2D eigenvalue weighted by Crippen LogP contribution is 2.16. The van der Waals surface area contributed by atoms with Gasteiger partial charge >= 0.3 is 5.69 Å². The predicted molar refractivity (Wildman–Crippen MR) is 131 cm³/mol. The number of carbonyl (C=O) groups is 1. The first-order valence-corrected chi connectivity index (χ1v) is 11.1. The second-order valence-electron chi connectivity index (χ2n) is 8.45. The number of anilines is 1. The molecular weight excluding hydrogens is 430 g/mol. The van der Waals surface area contributed by atoms with Crippen LogP contribution < -0.4 is 16.6 Å². The minimum Gasteiger partial charge on any atom is -0.330 e. The topological polar surface area (TPSA) is 90.9 Å². The molecule has 0 saturated carbocycles. The van der Waals surface area contributed by atoms with Gasteiger partial charge in [-0.1, -0.05) is 56.3 Å². The quantitative estimate of drug-likeness (QED) is 0.440. The molecule has 0 unspecified atom stereocenters. The monoisotopic (exact) mass is 457 g/mol. The molecule has 0 fully saturated rings. The van der Waals surface area contributed by atoms with Crippen LogP contribution in [0.15, 0.2) is 88.8 Å². The summed E-state index contributed by atoms with van der Waals surface area (Å²) < 4.78 is 4.44. The number of rotatable bonds is 8. The molecule has 0 radical (unpaired) electrons. The lowest BCUT2D eigenvalue weighted by atomic mass is 10.1. The zero-order chi connectivity index (χ0) is 24.1. The van der Waals surface area contributed by atoms with Gasteiger partial charge in [0.15, 0.2) is 0 Å². The summed E-state index contributed by atoms with van der Waals surface area (Å²) in [5, 5.41) is 2.80. The van der Waals surface area contributed by atoms with Gasteiger partial charge in [-0.15, -0.1) is 0 Å². The second kappa shape index (κ2) is 10.2. The number of nitrogens with zero attached hydrogens (tertiary/aromatic N) is 4. The Labute approximate surface area is 197 Å². The zero-order valence-corrected chi connectivity index (χ0v) is 19.2. The average Bonchev–Trinajstić information content (AvgIpc) is 3.28. The van der Waals surface area contributed by atoms with Crippen LogP contribution in [-0.2, 0) is 24.4 Å². The number of benzene rings is 2. The Kier molecular flexibility index (Phi) is 6.87. The van der Waals surface area contributed by atoms with Gasteiger partial charge in [-0.05, 0) is 23.3 Å². The lowest BCUT2D eigenvalue weighted by Gasteiger charge is -2.12. The van der Waals surface area contributed by atoms with Crippen LogP contribution in [0.4, 0.5) is 5.69 Å². The molecule has 2 heterocycles. The number of nitrogens with one attached hydrogen (secondary N) is 1. The number of carbonyl (C=O) groups excluding carboxylic acids is 1. The summed E-state index contributed by atoms with van der Waals surface area (Å²) in [6.07, 6.45) is 5.17. The Morgan fingerprint density at radius 2 is 1.65 bits per heavy atom. The maximum atomic E-state index is 12.8. The fraction of sp³-hybridized carbons (Fsp3) is 0.231. The Bertz CT molecular complexity index is 1400. The summed E-state index contributed by atoms with van der Waals surface area (Å²) >= 11 is 0. The molecule has 8 heteroatoms. The van der Waals surface area contributed by atoms with E-state index >= 15 is 0 Å². The number of amides is 1. The number of hydrogen-bond donors (Lipinski definition) is 1. The van der Waals surface area contributed by atoms with E-state index in [0.717, 1.165) is 21.5 Å².